The van der Waals surface area contributed by atoms with E-state index in [1.165, 1.54) is 0 Å². The van der Waals surface area contributed by atoms with Crippen LogP contribution in [0.15, 0.2) is 0 Å². The molecule has 7 unspecified atom stereocenters. The number of ether oxygens (including phenoxy) is 5. The van der Waals surface area contributed by atoms with Gasteiger partial charge in [-0.15, -0.1) is 0 Å². The SMILES string of the molecule is COC1CC(OC2C(C)OC(=O)CC2OC)OC(C)C1O. The third-order valence-corrected chi connectivity index (χ3v) is 4.08. The molecule has 7 atom stereocenters. The normalized spacial score (nSPS) is 44.4. The number of rotatable bonds is 4. The smallest absolute Gasteiger partial charge is 0.308 e. The maximum Gasteiger partial charge on any atom is 0.308 e. The highest BCUT2D eigenvalue weighted by Gasteiger charge is 2.42. The lowest BCUT2D eigenvalue weighted by Gasteiger charge is -2.41. The monoisotopic (exact) mass is 304 g/mol. The van der Waals surface area contributed by atoms with Gasteiger partial charge in [0.05, 0.1) is 24.7 Å². The van der Waals surface area contributed by atoms with Crippen molar-refractivity contribution in [3.8, 4) is 0 Å². The van der Waals surface area contributed by atoms with Crippen LogP contribution < -0.4 is 0 Å². The molecule has 2 aliphatic heterocycles. The van der Waals surface area contributed by atoms with E-state index >= 15 is 0 Å². The number of aliphatic hydroxyl groups is 1. The van der Waals surface area contributed by atoms with Crippen molar-refractivity contribution >= 4 is 5.97 Å². The summed E-state index contributed by atoms with van der Waals surface area (Å²) in [5, 5.41) is 9.95. The molecule has 0 aromatic heterocycles. The third-order valence-electron chi connectivity index (χ3n) is 4.08. The average molecular weight is 304 g/mol. The maximum atomic E-state index is 11.4. The predicted molar refractivity (Wildman–Crippen MR) is 71.6 cm³/mol. The molecule has 21 heavy (non-hydrogen) atoms. The van der Waals surface area contributed by atoms with E-state index in [0.29, 0.717) is 6.42 Å². The van der Waals surface area contributed by atoms with Crippen molar-refractivity contribution in [2.75, 3.05) is 14.2 Å². The van der Waals surface area contributed by atoms with Crippen LogP contribution in [0.3, 0.4) is 0 Å². The quantitative estimate of drug-likeness (QED) is 0.744. The van der Waals surface area contributed by atoms with Crippen molar-refractivity contribution in [2.45, 2.75) is 69.6 Å². The highest BCUT2D eigenvalue weighted by Crippen LogP contribution is 2.28. The van der Waals surface area contributed by atoms with Crippen LogP contribution in [0.2, 0.25) is 0 Å². The van der Waals surface area contributed by atoms with Crippen LogP contribution in [0.4, 0.5) is 0 Å². The molecule has 7 heteroatoms. The standard InChI is InChI=1S/C14H24O7/c1-7-13(16)9(17-3)6-12(20-7)21-14-8(2)19-11(15)5-10(14)18-4/h7-10,12-14,16H,5-6H2,1-4H3. The molecule has 2 aliphatic rings. The van der Waals surface area contributed by atoms with Crippen LogP contribution >= 0.6 is 0 Å². The van der Waals surface area contributed by atoms with Crippen LogP contribution in [0, 0.1) is 0 Å². The second-order valence-electron chi connectivity index (χ2n) is 5.55. The highest BCUT2D eigenvalue weighted by molar-refractivity contribution is 5.71. The molecule has 0 saturated carbocycles. The van der Waals surface area contributed by atoms with Crippen molar-refractivity contribution < 1.29 is 33.6 Å². The van der Waals surface area contributed by atoms with Crippen LogP contribution in [0.25, 0.3) is 0 Å². The van der Waals surface area contributed by atoms with Gasteiger partial charge in [-0.2, -0.15) is 0 Å². The van der Waals surface area contributed by atoms with E-state index in [4.69, 9.17) is 23.7 Å². The average Bonchev–Trinajstić information content (AvgIpc) is 2.45. The van der Waals surface area contributed by atoms with Gasteiger partial charge >= 0.3 is 5.97 Å². The number of carbonyl (C=O) groups is 1. The Labute approximate surface area is 124 Å². The van der Waals surface area contributed by atoms with Crippen molar-refractivity contribution in [3.05, 3.63) is 0 Å². The fourth-order valence-corrected chi connectivity index (χ4v) is 2.83. The minimum atomic E-state index is -0.685. The molecule has 2 rings (SSSR count). The Balaban J connectivity index is 2.00. The fraction of sp³-hybridized carbons (Fsp3) is 0.929. The zero-order chi connectivity index (χ0) is 15.6. The molecule has 7 nitrogen and oxygen atoms in total. The zero-order valence-corrected chi connectivity index (χ0v) is 12.9. The van der Waals surface area contributed by atoms with Crippen LogP contribution in [-0.4, -0.2) is 68.2 Å². The summed E-state index contributed by atoms with van der Waals surface area (Å²) >= 11 is 0. The molecular formula is C14H24O7. The lowest BCUT2D eigenvalue weighted by atomic mass is 10.0. The van der Waals surface area contributed by atoms with Gasteiger partial charge in [0.2, 0.25) is 0 Å². The molecule has 0 spiro atoms. The summed E-state index contributed by atoms with van der Waals surface area (Å²) < 4.78 is 27.4. The topological polar surface area (TPSA) is 83.5 Å². The van der Waals surface area contributed by atoms with Gasteiger partial charge in [-0.3, -0.25) is 4.79 Å². The van der Waals surface area contributed by atoms with E-state index < -0.39 is 30.7 Å². The number of hydrogen-bond donors (Lipinski definition) is 1. The number of aliphatic hydroxyl groups excluding tert-OH is 1. The zero-order valence-electron chi connectivity index (χ0n) is 12.9. The van der Waals surface area contributed by atoms with Crippen LogP contribution in [0.5, 0.6) is 0 Å². The second kappa shape index (κ2) is 7.02. The van der Waals surface area contributed by atoms with E-state index in [1.807, 2.05) is 0 Å². The van der Waals surface area contributed by atoms with Crippen LogP contribution in [0.1, 0.15) is 26.7 Å². The maximum absolute atomic E-state index is 11.4. The predicted octanol–water partition coefficient (Wildman–Crippen LogP) is 0.233. The first-order chi connectivity index (χ1) is 9.96. The first kappa shape index (κ1) is 16.6. The summed E-state index contributed by atoms with van der Waals surface area (Å²) in [7, 11) is 3.09. The molecule has 0 radical (unpaired) electrons. The van der Waals surface area contributed by atoms with Gasteiger partial charge in [0.1, 0.15) is 18.3 Å². The molecule has 0 bridgehead atoms. The lowest BCUT2D eigenvalue weighted by Crippen LogP contribution is -2.53. The van der Waals surface area contributed by atoms with E-state index in [9.17, 15) is 9.90 Å². The van der Waals surface area contributed by atoms with Gasteiger partial charge in [0, 0.05) is 20.6 Å². The van der Waals surface area contributed by atoms with Gasteiger partial charge in [0.25, 0.3) is 0 Å². The molecule has 1 N–H and O–H groups in total. The summed E-state index contributed by atoms with van der Waals surface area (Å²) in [6.07, 6.45) is -2.57. The highest BCUT2D eigenvalue weighted by atomic mass is 16.7. The summed E-state index contributed by atoms with van der Waals surface area (Å²) in [6.45, 7) is 3.53. The van der Waals surface area contributed by atoms with Gasteiger partial charge in [-0.05, 0) is 13.8 Å². The molecule has 0 aromatic rings. The molecule has 2 saturated heterocycles. The van der Waals surface area contributed by atoms with Crippen molar-refractivity contribution in [2.24, 2.45) is 0 Å². The Morgan fingerprint density at radius 3 is 2.43 bits per heavy atom. The second-order valence-corrected chi connectivity index (χ2v) is 5.55. The molecule has 122 valence electrons. The molecule has 2 fully saturated rings. The molecule has 0 amide bonds. The first-order valence-corrected chi connectivity index (χ1v) is 7.20. The van der Waals surface area contributed by atoms with E-state index in [0.717, 1.165) is 0 Å². The molecule has 0 aromatic carbocycles. The summed E-state index contributed by atoms with van der Waals surface area (Å²) in [6, 6.07) is 0. The van der Waals surface area contributed by atoms with Crippen molar-refractivity contribution in [3.63, 3.8) is 0 Å². The summed E-state index contributed by atoms with van der Waals surface area (Å²) in [4.78, 5) is 11.4. The van der Waals surface area contributed by atoms with E-state index in [-0.39, 0.29) is 24.6 Å². The molecule has 0 aliphatic carbocycles. The van der Waals surface area contributed by atoms with E-state index in [1.54, 1.807) is 28.1 Å². The Kier molecular flexibility index (Phi) is 5.56. The number of methoxy groups -OCH3 is 2. The van der Waals surface area contributed by atoms with Crippen molar-refractivity contribution in [1.82, 2.24) is 0 Å². The largest absolute Gasteiger partial charge is 0.460 e. The van der Waals surface area contributed by atoms with Gasteiger partial charge < -0.3 is 28.8 Å². The number of carbonyl (C=O) groups excluding carboxylic acids is 1. The Morgan fingerprint density at radius 2 is 1.81 bits per heavy atom. The number of hydrogen-bond acceptors (Lipinski definition) is 7. The minimum Gasteiger partial charge on any atom is -0.460 e. The Hall–Kier alpha value is -0.730. The fourth-order valence-electron chi connectivity index (χ4n) is 2.83. The lowest BCUT2D eigenvalue weighted by molar-refractivity contribution is -0.287. The summed E-state index contributed by atoms with van der Waals surface area (Å²) in [5.74, 6) is -0.294. The van der Waals surface area contributed by atoms with Gasteiger partial charge in [-0.1, -0.05) is 0 Å². The van der Waals surface area contributed by atoms with Gasteiger partial charge in [-0.25, -0.2) is 0 Å². The summed E-state index contributed by atoms with van der Waals surface area (Å²) in [5.41, 5.74) is 0. The van der Waals surface area contributed by atoms with Crippen LogP contribution in [-0.2, 0) is 28.5 Å². The van der Waals surface area contributed by atoms with Gasteiger partial charge in [0.15, 0.2) is 6.29 Å². The van der Waals surface area contributed by atoms with Crippen molar-refractivity contribution in [1.29, 1.82) is 0 Å². The minimum absolute atomic E-state index is 0.157. The molecule has 2 heterocycles. The molecular weight excluding hydrogens is 280 g/mol. The Bertz CT molecular complexity index is 361. The number of cyclic esters (lactones) is 1. The third kappa shape index (κ3) is 3.73. The number of esters is 1. The van der Waals surface area contributed by atoms with E-state index in [2.05, 4.69) is 0 Å². The first-order valence-electron chi connectivity index (χ1n) is 7.20. The Morgan fingerprint density at radius 1 is 1.14 bits per heavy atom.